The van der Waals surface area contributed by atoms with Gasteiger partial charge in [-0.05, 0) is 57.2 Å². The number of carbonyl (C=O) groups is 2. The Bertz CT molecular complexity index is 1450. The lowest BCUT2D eigenvalue weighted by Crippen LogP contribution is -2.47. The summed E-state index contributed by atoms with van der Waals surface area (Å²) in [7, 11) is 0. The van der Waals surface area contributed by atoms with Crippen LogP contribution in [-0.4, -0.2) is 24.5 Å². The minimum absolute atomic E-state index is 0.113. The fraction of sp³-hybridized carbons (Fsp3) is 0.179. The highest BCUT2D eigenvalue weighted by molar-refractivity contribution is 6.05. The number of hydrazine groups is 1. The molecule has 2 amide bonds. The summed E-state index contributed by atoms with van der Waals surface area (Å²) in [5, 5.41) is 0.276. The number of hydrogen-bond acceptors (Lipinski definition) is 6. The Hall–Kier alpha value is -4.59. The smallest absolute Gasteiger partial charge is 0.279 e. The van der Waals surface area contributed by atoms with Crippen molar-refractivity contribution in [1.29, 1.82) is 0 Å². The van der Waals surface area contributed by atoms with Crippen LogP contribution >= 0.6 is 0 Å². The Kier molecular flexibility index (Phi) is 7.34. The summed E-state index contributed by atoms with van der Waals surface area (Å²) in [4.78, 5) is 38.4. The van der Waals surface area contributed by atoms with E-state index in [0.29, 0.717) is 29.4 Å². The van der Waals surface area contributed by atoms with E-state index >= 15 is 0 Å². The van der Waals surface area contributed by atoms with Crippen molar-refractivity contribution < 1.29 is 23.5 Å². The first-order valence-electron chi connectivity index (χ1n) is 11.5. The second-order valence-corrected chi connectivity index (χ2v) is 8.04. The zero-order valence-electron chi connectivity index (χ0n) is 20.2. The van der Waals surface area contributed by atoms with Gasteiger partial charge in [0.05, 0.1) is 17.6 Å². The Balaban J connectivity index is 1.50. The highest BCUT2D eigenvalue weighted by atomic mass is 16.5. The van der Waals surface area contributed by atoms with Gasteiger partial charge in [0.1, 0.15) is 17.3 Å². The topological polar surface area (TPSA) is 107 Å². The summed E-state index contributed by atoms with van der Waals surface area (Å²) in [5.74, 6) is 0.372. The third kappa shape index (κ3) is 5.22. The molecule has 4 rings (SSSR count). The van der Waals surface area contributed by atoms with Crippen LogP contribution in [0.1, 0.15) is 29.8 Å². The van der Waals surface area contributed by atoms with E-state index in [2.05, 4.69) is 10.9 Å². The summed E-state index contributed by atoms with van der Waals surface area (Å²) in [6.45, 7) is 5.68. The van der Waals surface area contributed by atoms with Crippen molar-refractivity contribution in [3.8, 4) is 22.8 Å². The molecule has 0 saturated heterocycles. The molecule has 0 saturated carbocycles. The van der Waals surface area contributed by atoms with Gasteiger partial charge in [0.15, 0.2) is 17.1 Å². The van der Waals surface area contributed by atoms with E-state index in [1.165, 1.54) is 6.07 Å². The number of para-hydroxylation sites is 1. The second-order valence-electron chi connectivity index (χ2n) is 8.04. The van der Waals surface area contributed by atoms with E-state index in [0.717, 1.165) is 5.56 Å². The summed E-state index contributed by atoms with van der Waals surface area (Å²) in [5.41, 5.74) is 5.92. The number of carbonyl (C=O) groups excluding carboxylic acids is 2. The van der Waals surface area contributed by atoms with Crippen molar-refractivity contribution in [3.05, 3.63) is 94.1 Å². The number of fused-ring (bicyclic) bond motifs is 1. The van der Waals surface area contributed by atoms with Gasteiger partial charge in [-0.3, -0.25) is 25.2 Å². The highest BCUT2D eigenvalue weighted by Crippen LogP contribution is 2.27. The normalized spacial score (nSPS) is 11.5. The van der Waals surface area contributed by atoms with Gasteiger partial charge in [0.25, 0.3) is 11.8 Å². The fourth-order valence-electron chi connectivity index (χ4n) is 3.68. The quantitative estimate of drug-likeness (QED) is 0.375. The molecule has 0 fully saturated rings. The first-order valence-corrected chi connectivity index (χ1v) is 11.5. The third-order valence-electron chi connectivity index (χ3n) is 5.54. The Labute approximate surface area is 207 Å². The molecule has 1 aromatic heterocycles. The van der Waals surface area contributed by atoms with E-state index < -0.39 is 17.9 Å². The van der Waals surface area contributed by atoms with E-state index in [-0.39, 0.29) is 22.0 Å². The van der Waals surface area contributed by atoms with Crippen LogP contribution in [0.25, 0.3) is 22.3 Å². The van der Waals surface area contributed by atoms with Gasteiger partial charge in [-0.2, -0.15) is 0 Å². The second kappa shape index (κ2) is 10.8. The van der Waals surface area contributed by atoms with Crippen LogP contribution in [0.4, 0.5) is 0 Å². The van der Waals surface area contributed by atoms with Gasteiger partial charge in [-0.15, -0.1) is 0 Å². The minimum atomic E-state index is -0.888. The number of benzene rings is 3. The summed E-state index contributed by atoms with van der Waals surface area (Å²) in [6.07, 6.45) is -0.888. The predicted molar refractivity (Wildman–Crippen MR) is 136 cm³/mol. The number of amides is 2. The lowest BCUT2D eigenvalue weighted by atomic mass is 10.0. The van der Waals surface area contributed by atoms with Crippen LogP contribution in [-0.2, 0) is 4.79 Å². The molecule has 1 atom stereocenters. The first-order chi connectivity index (χ1) is 17.4. The lowest BCUT2D eigenvalue weighted by Gasteiger charge is -2.16. The van der Waals surface area contributed by atoms with Gasteiger partial charge < -0.3 is 13.9 Å². The highest BCUT2D eigenvalue weighted by Gasteiger charge is 2.20. The van der Waals surface area contributed by atoms with Crippen molar-refractivity contribution in [2.24, 2.45) is 0 Å². The SMILES string of the molecule is CCOc1ccc(OC(C)C(=O)NNC(=O)c2cccc3c(=O)c(C)c(-c4ccccc4)oc23)cc1. The maximum Gasteiger partial charge on any atom is 0.279 e. The van der Waals surface area contributed by atoms with Crippen molar-refractivity contribution in [3.63, 3.8) is 0 Å². The molecule has 0 aliphatic rings. The number of hydrogen-bond donors (Lipinski definition) is 2. The lowest BCUT2D eigenvalue weighted by molar-refractivity contribution is -0.128. The summed E-state index contributed by atoms with van der Waals surface area (Å²) >= 11 is 0. The van der Waals surface area contributed by atoms with Gasteiger partial charge in [-0.25, -0.2) is 0 Å². The first kappa shape index (κ1) is 24.5. The minimum Gasteiger partial charge on any atom is -0.494 e. The molecule has 2 N–H and O–H groups in total. The maximum absolute atomic E-state index is 13.0. The van der Waals surface area contributed by atoms with Crippen LogP contribution in [0, 0.1) is 6.92 Å². The number of nitrogens with one attached hydrogen (secondary N) is 2. The zero-order chi connectivity index (χ0) is 25.7. The summed E-state index contributed by atoms with van der Waals surface area (Å²) in [6, 6.07) is 20.8. The van der Waals surface area contributed by atoms with Crippen molar-refractivity contribution in [2.45, 2.75) is 26.9 Å². The average molecular weight is 487 g/mol. The van der Waals surface area contributed by atoms with Crippen molar-refractivity contribution >= 4 is 22.8 Å². The van der Waals surface area contributed by atoms with Crippen LogP contribution in [0.3, 0.4) is 0 Å². The standard InChI is InChI=1S/C28H26N2O6/c1-4-34-20-13-15-21(16-14-20)35-18(3)27(32)29-30-28(33)23-12-8-11-22-24(31)17(2)25(36-26(22)23)19-9-6-5-7-10-19/h5-16,18H,4H2,1-3H3,(H,29,32)(H,30,33). The molecule has 8 nitrogen and oxygen atoms in total. The van der Waals surface area contributed by atoms with Crippen molar-refractivity contribution in [1.82, 2.24) is 10.9 Å². The Morgan fingerprint density at radius 3 is 2.31 bits per heavy atom. The Morgan fingerprint density at radius 1 is 0.917 bits per heavy atom. The molecular weight excluding hydrogens is 460 g/mol. The van der Waals surface area contributed by atoms with Gasteiger partial charge in [-0.1, -0.05) is 36.4 Å². The maximum atomic E-state index is 13.0. The van der Waals surface area contributed by atoms with Gasteiger partial charge >= 0.3 is 0 Å². The molecule has 0 radical (unpaired) electrons. The van der Waals surface area contributed by atoms with E-state index in [9.17, 15) is 14.4 Å². The monoisotopic (exact) mass is 486 g/mol. The average Bonchev–Trinajstić information content (AvgIpc) is 2.90. The zero-order valence-corrected chi connectivity index (χ0v) is 20.2. The molecule has 3 aromatic carbocycles. The van der Waals surface area contributed by atoms with E-state index in [1.807, 2.05) is 37.3 Å². The van der Waals surface area contributed by atoms with E-state index in [1.54, 1.807) is 50.2 Å². The molecule has 36 heavy (non-hydrogen) atoms. The van der Waals surface area contributed by atoms with Crippen LogP contribution in [0.15, 0.2) is 82.0 Å². The van der Waals surface area contributed by atoms with Crippen LogP contribution in [0.5, 0.6) is 11.5 Å². The molecule has 4 aromatic rings. The largest absolute Gasteiger partial charge is 0.494 e. The molecule has 1 heterocycles. The molecule has 0 bridgehead atoms. The van der Waals surface area contributed by atoms with Crippen LogP contribution in [0.2, 0.25) is 0 Å². The molecular formula is C28H26N2O6. The number of rotatable bonds is 7. The molecule has 184 valence electrons. The molecule has 8 heteroatoms. The molecule has 0 spiro atoms. The summed E-state index contributed by atoms with van der Waals surface area (Å²) < 4.78 is 17.1. The Morgan fingerprint density at radius 2 is 1.61 bits per heavy atom. The van der Waals surface area contributed by atoms with Gasteiger partial charge in [0, 0.05) is 11.1 Å². The van der Waals surface area contributed by atoms with Crippen molar-refractivity contribution in [2.75, 3.05) is 6.61 Å². The predicted octanol–water partition coefficient (Wildman–Crippen LogP) is 4.40. The third-order valence-corrected chi connectivity index (χ3v) is 5.54. The molecule has 0 aliphatic carbocycles. The molecule has 1 unspecified atom stereocenters. The van der Waals surface area contributed by atoms with Gasteiger partial charge in [0.2, 0.25) is 0 Å². The fourth-order valence-corrected chi connectivity index (χ4v) is 3.68. The molecule has 0 aliphatic heterocycles. The number of ether oxygens (including phenoxy) is 2. The van der Waals surface area contributed by atoms with E-state index in [4.69, 9.17) is 13.9 Å². The van der Waals surface area contributed by atoms with Crippen LogP contribution < -0.4 is 25.8 Å².